The molecule has 0 aromatic heterocycles. The summed E-state index contributed by atoms with van der Waals surface area (Å²) in [5.41, 5.74) is 0. The van der Waals surface area contributed by atoms with Gasteiger partial charge in [0.15, 0.2) is 0 Å². The van der Waals surface area contributed by atoms with Gasteiger partial charge in [-0.05, 0) is 0 Å². The van der Waals surface area contributed by atoms with E-state index in [1.54, 1.807) is 0 Å². The van der Waals surface area contributed by atoms with Crippen LogP contribution in [0.5, 0.6) is 0 Å². The maximum absolute atomic E-state index is 12.1. The fourth-order valence-electron chi connectivity index (χ4n) is 3.47. The van der Waals surface area contributed by atoms with Crippen LogP contribution in [0.25, 0.3) is 0 Å². The Labute approximate surface area is 188 Å². The van der Waals surface area contributed by atoms with Crippen molar-refractivity contribution in [1.29, 1.82) is 0 Å². The molecule has 0 amide bonds. The van der Waals surface area contributed by atoms with Crippen LogP contribution in [0.4, 0.5) is 0 Å². The summed E-state index contributed by atoms with van der Waals surface area (Å²) in [4.78, 5) is 9.93. The minimum absolute atomic E-state index is 0.308. The molecule has 4 nitrogen and oxygen atoms in total. The van der Waals surface area contributed by atoms with Crippen molar-refractivity contribution >= 4 is 14.7 Å². The van der Waals surface area contributed by atoms with Gasteiger partial charge in [-0.3, -0.25) is 0 Å². The van der Waals surface area contributed by atoms with Crippen LogP contribution in [0, 0.1) is 0 Å². The number of hydrogen-bond donors (Lipinski definition) is 1. The second kappa shape index (κ2) is 17.1. The predicted molar refractivity (Wildman–Crippen MR) is 136 cm³/mol. The molecule has 0 heterocycles. The molecule has 0 saturated carbocycles. The Morgan fingerprint density at radius 2 is 0.967 bits per heavy atom. The molecule has 1 atom stereocenters. The molecule has 0 aliphatic heterocycles. The van der Waals surface area contributed by atoms with E-state index in [2.05, 4.69) is 6.92 Å². The van der Waals surface area contributed by atoms with Gasteiger partial charge in [0.1, 0.15) is 0 Å². The van der Waals surface area contributed by atoms with E-state index >= 15 is 0 Å². The second-order valence-corrected chi connectivity index (χ2v) is 18.7. The van der Waals surface area contributed by atoms with E-state index in [9.17, 15) is 9.46 Å². The average Bonchev–Trinajstić information content (AvgIpc) is 2.65. The van der Waals surface area contributed by atoms with Crippen LogP contribution in [0.2, 0.25) is 0 Å². The minimum atomic E-state index is -3.93. The summed E-state index contributed by atoms with van der Waals surface area (Å²) in [6.45, 7) is 7.90. The van der Waals surface area contributed by atoms with Gasteiger partial charge in [0.2, 0.25) is 0 Å². The molecule has 0 rings (SSSR count). The third-order valence-electron chi connectivity index (χ3n) is 5.99. The standard InChI is InChI=1S/C24H54O4P2/c1-6-8-9-10-11-12-13-14-15-16-17-18-19-20-21-22-23-24-27-29(25,26)28-30(3,4,5)7-2/h6-24H2,1-5H3,(H,25,26). The van der Waals surface area contributed by atoms with Gasteiger partial charge in [0, 0.05) is 0 Å². The second-order valence-electron chi connectivity index (χ2n) is 10.3. The number of unbranched alkanes of at least 4 members (excludes halogenated alkanes) is 16. The molecular formula is C24H54O4P2. The molecule has 30 heavy (non-hydrogen) atoms. The molecule has 0 radical (unpaired) electrons. The van der Waals surface area contributed by atoms with Gasteiger partial charge < -0.3 is 0 Å². The van der Waals surface area contributed by atoms with Gasteiger partial charge in [-0.15, -0.1) is 0 Å². The third kappa shape index (κ3) is 20.4. The fourth-order valence-corrected chi connectivity index (χ4v) is 7.54. The van der Waals surface area contributed by atoms with Crippen LogP contribution in [0.15, 0.2) is 0 Å². The maximum atomic E-state index is 12.1. The summed E-state index contributed by atoms with van der Waals surface area (Å²) in [7, 11) is -3.93. The van der Waals surface area contributed by atoms with Crippen LogP contribution in [-0.2, 0) is 13.4 Å². The van der Waals surface area contributed by atoms with E-state index in [1.165, 1.54) is 96.3 Å². The molecule has 6 heteroatoms. The Hall–Kier alpha value is 0.540. The van der Waals surface area contributed by atoms with Gasteiger partial charge in [-0.1, -0.05) is 64.7 Å². The van der Waals surface area contributed by atoms with Gasteiger partial charge in [-0.2, -0.15) is 0 Å². The molecular weight excluding hydrogens is 414 g/mol. The molecule has 0 aliphatic carbocycles. The van der Waals surface area contributed by atoms with E-state index in [1.807, 2.05) is 26.9 Å². The molecule has 0 saturated heterocycles. The average molecular weight is 469 g/mol. The van der Waals surface area contributed by atoms with Gasteiger partial charge >= 0.3 is 124 Å². The first-order valence-corrected chi connectivity index (χ1v) is 18.0. The van der Waals surface area contributed by atoms with Crippen molar-refractivity contribution in [2.75, 3.05) is 32.8 Å². The van der Waals surface area contributed by atoms with Crippen LogP contribution in [-0.4, -0.2) is 37.7 Å². The fraction of sp³-hybridized carbons (Fsp3) is 1.00. The van der Waals surface area contributed by atoms with Crippen LogP contribution < -0.4 is 0 Å². The van der Waals surface area contributed by atoms with Gasteiger partial charge in [0.05, 0.1) is 0 Å². The summed E-state index contributed by atoms with van der Waals surface area (Å²) in [5, 5.41) is 0. The van der Waals surface area contributed by atoms with Crippen LogP contribution >= 0.6 is 14.7 Å². The Bertz CT molecular complexity index is 446. The van der Waals surface area contributed by atoms with Crippen LogP contribution in [0.1, 0.15) is 123 Å². The third-order valence-corrected chi connectivity index (χ3v) is 11.9. The quantitative estimate of drug-likeness (QED) is 0.127. The predicted octanol–water partition coefficient (Wildman–Crippen LogP) is 9.15. The SMILES string of the molecule is CCCCCCCCCCCCCCCCCCCOP(=O)(O)OP(C)(C)(C)CC. The molecule has 1 unspecified atom stereocenters. The first kappa shape index (κ1) is 30.5. The molecule has 184 valence electrons. The molecule has 0 bridgehead atoms. The van der Waals surface area contributed by atoms with E-state index in [4.69, 9.17) is 8.83 Å². The summed E-state index contributed by atoms with van der Waals surface area (Å²) in [6, 6.07) is 0. The molecule has 0 fully saturated rings. The van der Waals surface area contributed by atoms with Gasteiger partial charge in [0.25, 0.3) is 0 Å². The zero-order valence-electron chi connectivity index (χ0n) is 21.0. The number of phosphoric acid groups is 1. The molecule has 0 aromatic carbocycles. The molecule has 0 aromatic rings. The molecule has 0 spiro atoms. The first-order valence-electron chi connectivity index (χ1n) is 12.8. The summed E-state index contributed by atoms with van der Waals surface area (Å²) in [5.74, 6) is 0. The van der Waals surface area contributed by atoms with Crippen molar-refractivity contribution in [3.05, 3.63) is 0 Å². The van der Waals surface area contributed by atoms with E-state index < -0.39 is 14.7 Å². The Morgan fingerprint density at radius 3 is 1.30 bits per heavy atom. The molecule has 0 aliphatic rings. The number of hydrogen-bond acceptors (Lipinski definition) is 3. The van der Waals surface area contributed by atoms with E-state index in [0.717, 1.165) is 19.0 Å². The Balaban J connectivity index is 3.38. The van der Waals surface area contributed by atoms with E-state index in [-0.39, 0.29) is 0 Å². The van der Waals surface area contributed by atoms with Crippen molar-refractivity contribution < 1.29 is 18.3 Å². The summed E-state index contributed by atoms with van der Waals surface area (Å²) >= 11 is 0. The van der Waals surface area contributed by atoms with Crippen molar-refractivity contribution in [3.8, 4) is 0 Å². The Morgan fingerprint density at radius 1 is 0.633 bits per heavy atom. The van der Waals surface area contributed by atoms with Crippen molar-refractivity contribution in [1.82, 2.24) is 0 Å². The monoisotopic (exact) mass is 468 g/mol. The topological polar surface area (TPSA) is 55.8 Å². The van der Waals surface area contributed by atoms with Crippen molar-refractivity contribution in [2.45, 2.75) is 123 Å². The van der Waals surface area contributed by atoms with Gasteiger partial charge in [-0.25, -0.2) is 0 Å². The zero-order valence-corrected chi connectivity index (χ0v) is 22.8. The number of phosphoric ester groups is 1. The zero-order chi connectivity index (χ0) is 22.8. The summed E-state index contributed by atoms with van der Waals surface area (Å²) < 4.78 is 22.8. The summed E-state index contributed by atoms with van der Waals surface area (Å²) in [6.07, 6.45) is 23.2. The van der Waals surface area contributed by atoms with Crippen LogP contribution in [0.3, 0.4) is 0 Å². The van der Waals surface area contributed by atoms with Crippen molar-refractivity contribution in [2.24, 2.45) is 0 Å². The van der Waals surface area contributed by atoms with Crippen molar-refractivity contribution in [3.63, 3.8) is 0 Å². The Kier molecular flexibility index (Phi) is 17.4. The molecule has 1 N–H and O–H groups in total. The van der Waals surface area contributed by atoms with E-state index in [0.29, 0.717) is 6.61 Å². The normalized spacial score (nSPS) is 15.6. The first-order chi connectivity index (χ1) is 14.1. The number of rotatable bonds is 22.